The van der Waals surface area contributed by atoms with Crippen molar-refractivity contribution >= 4 is 75.3 Å². The van der Waals surface area contributed by atoms with E-state index in [4.69, 9.17) is 18.0 Å². The number of fused-ring (bicyclic) bond motifs is 1. The van der Waals surface area contributed by atoms with Crippen LogP contribution in [0.5, 0.6) is 0 Å². The number of β-lactam (4-membered cyclic amide) rings is 1. The van der Waals surface area contributed by atoms with Crippen molar-refractivity contribution in [2.45, 2.75) is 35.6 Å². The van der Waals surface area contributed by atoms with Gasteiger partial charge in [0.15, 0.2) is 4.34 Å². The molecule has 4 heterocycles. The molecule has 1 amide bonds. The van der Waals surface area contributed by atoms with E-state index in [1.165, 1.54) is 51.1 Å². The van der Waals surface area contributed by atoms with Crippen LogP contribution in [0.25, 0.3) is 0 Å². The Bertz CT molecular complexity index is 1070. The van der Waals surface area contributed by atoms with Crippen LogP contribution < -0.4 is 11.1 Å². The van der Waals surface area contributed by atoms with Crippen LogP contribution in [0.4, 0.5) is 0 Å². The van der Waals surface area contributed by atoms with Crippen molar-refractivity contribution in [1.29, 1.82) is 0 Å². The highest BCUT2D eigenvalue weighted by atomic mass is 32.2. The molecular weight excluding hydrogens is 499 g/mol. The molecule has 0 bridgehead atoms. The summed E-state index contributed by atoms with van der Waals surface area (Å²) in [4.78, 5) is 26.6. The van der Waals surface area contributed by atoms with Gasteiger partial charge in [-0.3, -0.25) is 9.69 Å². The number of hydrogen-bond acceptors (Lipinski definition) is 12. The lowest BCUT2D eigenvalue weighted by atomic mass is 10.0. The van der Waals surface area contributed by atoms with Gasteiger partial charge >= 0.3 is 5.97 Å². The second kappa shape index (κ2) is 9.46. The smallest absolute Gasteiger partial charge is 0.352 e. The van der Waals surface area contributed by atoms with Crippen molar-refractivity contribution in [3.63, 3.8) is 0 Å². The van der Waals surface area contributed by atoms with Gasteiger partial charge in [-0.2, -0.15) is 0 Å². The van der Waals surface area contributed by atoms with Crippen LogP contribution in [-0.4, -0.2) is 70.2 Å². The average Bonchev–Trinajstić information content (AvgIpc) is 3.37. The fourth-order valence-electron chi connectivity index (χ4n) is 3.08. The highest BCUT2D eigenvalue weighted by molar-refractivity contribution is 8.01. The lowest BCUT2D eigenvalue weighted by molar-refractivity contribution is -0.148. The molecule has 0 spiro atoms. The molecule has 0 saturated carbocycles. The fraction of sp³-hybridized carbons (Fsp3) is 0.438. The van der Waals surface area contributed by atoms with E-state index in [9.17, 15) is 14.7 Å². The van der Waals surface area contributed by atoms with E-state index in [1.54, 1.807) is 0 Å². The number of nitrogens with two attached hydrogens (primary N) is 1. The van der Waals surface area contributed by atoms with Crippen LogP contribution in [0, 0.1) is 6.92 Å². The summed E-state index contributed by atoms with van der Waals surface area (Å²) in [6.07, 6.45) is 0.360. The van der Waals surface area contributed by atoms with E-state index in [-0.39, 0.29) is 17.0 Å². The molecule has 2 aliphatic rings. The first-order valence-corrected chi connectivity index (χ1v) is 13.1. The number of thioether (sulfide) groups is 2. The van der Waals surface area contributed by atoms with Crippen molar-refractivity contribution in [3.05, 3.63) is 26.3 Å². The largest absolute Gasteiger partial charge is 0.477 e. The molecule has 1 fully saturated rings. The van der Waals surface area contributed by atoms with Crippen LogP contribution in [0.15, 0.2) is 15.6 Å². The molecule has 0 aliphatic carbocycles. The molecule has 2 aromatic rings. The summed E-state index contributed by atoms with van der Waals surface area (Å²) in [7, 11) is 0. The number of nitrogens with one attached hydrogen (secondary N) is 1. The predicted molar refractivity (Wildman–Crippen MR) is 124 cm³/mol. The Kier molecular flexibility index (Phi) is 6.88. The molecule has 164 valence electrons. The normalized spacial score (nSPS) is 20.5. The number of amides is 1. The number of rotatable bonds is 8. The first kappa shape index (κ1) is 22.5. The molecule has 2 aliphatic heterocycles. The zero-order chi connectivity index (χ0) is 22.1. The second-order valence-corrected chi connectivity index (χ2v) is 11.7. The summed E-state index contributed by atoms with van der Waals surface area (Å²) >= 11 is 11.2. The number of nitrogens with zero attached hydrogens (tertiary/aromatic N) is 5. The molecule has 0 aromatic carbocycles. The zero-order valence-corrected chi connectivity index (χ0v) is 20.2. The van der Waals surface area contributed by atoms with E-state index in [0.29, 0.717) is 35.0 Å². The molecule has 0 radical (unpaired) electrons. The minimum absolute atomic E-state index is 0.0585. The van der Waals surface area contributed by atoms with Crippen molar-refractivity contribution < 1.29 is 14.7 Å². The van der Waals surface area contributed by atoms with Gasteiger partial charge < -0.3 is 16.2 Å². The third-order valence-electron chi connectivity index (χ3n) is 4.44. The van der Waals surface area contributed by atoms with E-state index >= 15 is 0 Å². The standard InChI is InChI=1S/C16H17N7O3S5/c1-6-19-22-16(30-6)29-5-7-4-28-14-11(13(24)23(14)12(7)15(25)26)18-8(27)2-9-20-21-10(3-17)31-9/h11,14H,2-5,17H2,1H3,(H,18,27)(H,25,26)/t11?,14-/m1/s1. The van der Waals surface area contributed by atoms with Crippen molar-refractivity contribution in [2.75, 3.05) is 11.5 Å². The number of aryl methyl sites for hydroxylation is 1. The Morgan fingerprint density at radius 2 is 2.10 bits per heavy atom. The van der Waals surface area contributed by atoms with Gasteiger partial charge in [0.2, 0.25) is 0 Å². The van der Waals surface area contributed by atoms with Gasteiger partial charge in [0.25, 0.3) is 5.91 Å². The van der Waals surface area contributed by atoms with Gasteiger partial charge in [0.05, 0.1) is 11.4 Å². The fourth-order valence-corrected chi connectivity index (χ4v) is 7.47. The molecule has 10 nitrogen and oxygen atoms in total. The van der Waals surface area contributed by atoms with Gasteiger partial charge in [-0.05, 0) is 12.5 Å². The van der Waals surface area contributed by atoms with Crippen molar-refractivity contribution in [3.8, 4) is 0 Å². The maximum absolute atomic E-state index is 12.8. The van der Waals surface area contributed by atoms with Crippen LogP contribution in [0.2, 0.25) is 0 Å². The van der Waals surface area contributed by atoms with Crippen molar-refractivity contribution in [1.82, 2.24) is 30.6 Å². The van der Waals surface area contributed by atoms with Crippen LogP contribution in [0.3, 0.4) is 0 Å². The van der Waals surface area contributed by atoms with Gasteiger partial charge in [-0.1, -0.05) is 46.7 Å². The minimum Gasteiger partial charge on any atom is -0.477 e. The number of carbonyl (C=O) groups is 2. The van der Waals surface area contributed by atoms with E-state index < -0.39 is 12.0 Å². The molecule has 15 heteroatoms. The highest BCUT2D eigenvalue weighted by Crippen LogP contribution is 2.41. The third kappa shape index (κ3) is 4.75. The maximum Gasteiger partial charge on any atom is 0.352 e. The minimum atomic E-state index is -1.10. The van der Waals surface area contributed by atoms with Crippen LogP contribution in [0.1, 0.15) is 15.0 Å². The van der Waals surface area contributed by atoms with Crippen molar-refractivity contribution in [2.24, 2.45) is 5.73 Å². The molecule has 2 atom stereocenters. The molecular formula is C16H17N7O3S5. The second-order valence-electron chi connectivity index (χ2n) is 6.56. The number of carboxylic acids is 1. The van der Waals surface area contributed by atoms with Crippen LogP contribution >= 0.6 is 58.4 Å². The molecule has 1 saturated heterocycles. The number of thiocarbonyl (C=S) groups is 1. The highest BCUT2D eigenvalue weighted by Gasteiger charge is 2.53. The van der Waals surface area contributed by atoms with Crippen LogP contribution in [-0.2, 0) is 22.6 Å². The zero-order valence-electron chi connectivity index (χ0n) is 16.1. The average molecular weight is 516 g/mol. The molecule has 2 aromatic heterocycles. The SMILES string of the molecule is Cc1nnc(SCC2=C(C(=O)O)N3C(=O)C(NC(=S)Cc4nnc(CN)s4)[C@H]3SC2)s1. The molecule has 31 heavy (non-hydrogen) atoms. The molecule has 1 unspecified atom stereocenters. The lowest BCUT2D eigenvalue weighted by Crippen LogP contribution is -2.70. The summed E-state index contributed by atoms with van der Waals surface area (Å²) in [5, 5.41) is 30.8. The number of aromatic nitrogens is 4. The summed E-state index contributed by atoms with van der Waals surface area (Å²) < 4.78 is 0.774. The number of aliphatic carboxylic acids is 1. The van der Waals surface area contributed by atoms with E-state index in [0.717, 1.165) is 19.4 Å². The predicted octanol–water partition coefficient (Wildman–Crippen LogP) is 1.03. The first-order chi connectivity index (χ1) is 14.9. The molecule has 4 N–H and O–H groups in total. The quantitative estimate of drug-likeness (QED) is 0.262. The maximum atomic E-state index is 12.8. The Balaban J connectivity index is 1.41. The topological polar surface area (TPSA) is 147 Å². The van der Waals surface area contributed by atoms with E-state index in [2.05, 4.69) is 25.7 Å². The number of carboxylic acid groups (broad SMARTS) is 1. The summed E-state index contributed by atoms with van der Waals surface area (Å²) in [6, 6.07) is -0.561. The Morgan fingerprint density at radius 1 is 1.32 bits per heavy atom. The Labute approximate surface area is 199 Å². The summed E-state index contributed by atoms with van der Waals surface area (Å²) in [5.74, 6) is -0.447. The van der Waals surface area contributed by atoms with Gasteiger partial charge in [-0.15, -0.1) is 32.2 Å². The summed E-state index contributed by atoms with van der Waals surface area (Å²) in [6.45, 7) is 2.18. The lowest BCUT2D eigenvalue weighted by Gasteiger charge is -2.49. The van der Waals surface area contributed by atoms with Gasteiger partial charge in [-0.25, -0.2) is 4.79 Å². The summed E-state index contributed by atoms with van der Waals surface area (Å²) in [5.41, 5.74) is 6.30. The Morgan fingerprint density at radius 3 is 2.74 bits per heavy atom. The molecule has 4 rings (SSSR count). The first-order valence-electron chi connectivity index (χ1n) is 9.01. The van der Waals surface area contributed by atoms with E-state index in [1.807, 2.05) is 6.92 Å². The Hall–Kier alpha value is -1.65. The van der Waals surface area contributed by atoms with Gasteiger partial charge in [0, 0.05) is 18.1 Å². The monoisotopic (exact) mass is 515 g/mol. The number of carbonyl (C=O) groups excluding carboxylic acids is 1. The van der Waals surface area contributed by atoms with Gasteiger partial charge in [0.1, 0.15) is 32.1 Å². The third-order valence-corrected chi connectivity index (χ3v) is 9.04. The number of hydrogen-bond donors (Lipinski definition) is 3.